The Balaban J connectivity index is 4.16. The molecule has 0 aliphatic heterocycles. The molecule has 0 rings (SSSR count). The second-order valence-electron chi connectivity index (χ2n) is 8.35. The maximum atomic E-state index is 11.5. The quantitative estimate of drug-likeness (QED) is 0.199. The first kappa shape index (κ1) is 26.9. The van der Waals surface area contributed by atoms with E-state index in [0.29, 0.717) is 25.9 Å². The van der Waals surface area contributed by atoms with Crippen molar-refractivity contribution in [2.24, 2.45) is 0 Å². The molecule has 0 bridgehead atoms. The molecule has 0 unspecified atom stereocenters. The summed E-state index contributed by atoms with van der Waals surface area (Å²) in [5.41, 5.74) is 0. The molecule has 0 aromatic rings. The van der Waals surface area contributed by atoms with Crippen LogP contribution in [-0.2, 0) is 19.1 Å². The minimum Gasteiger partial charge on any atom is -0.469 e. The minimum atomic E-state index is -0.212. The van der Waals surface area contributed by atoms with Crippen LogP contribution in [0.25, 0.3) is 0 Å². The Labute approximate surface area is 173 Å². The third-order valence-corrected chi connectivity index (χ3v) is 5.36. The van der Waals surface area contributed by atoms with Gasteiger partial charge in [0.15, 0.2) is 0 Å². The second-order valence-corrected chi connectivity index (χ2v) is 8.35. The van der Waals surface area contributed by atoms with Crippen LogP contribution in [0.3, 0.4) is 0 Å². The zero-order valence-corrected chi connectivity index (χ0v) is 19.1. The molecule has 0 heterocycles. The number of carbonyl (C=O) groups is 2. The first-order chi connectivity index (χ1) is 13.3. The van der Waals surface area contributed by atoms with Crippen molar-refractivity contribution >= 4 is 11.9 Å². The summed E-state index contributed by atoms with van der Waals surface area (Å²) < 4.78 is 10.4. The molecule has 0 aliphatic carbocycles. The molecule has 0 amide bonds. The lowest BCUT2D eigenvalue weighted by Crippen LogP contribution is -2.46. The summed E-state index contributed by atoms with van der Waals surface area (Å²) in [6.45, 7) is 6.50. The highest BCUT2D eigenvalue weighted by molar-refractivity contribution is 5.70. The van der Waals surface area contributed by atoms with Crippen LogP contribution < -0.4 is 0 Å². The van der Waals surface area contributed by atoms with E-state index in [4.69, 9.17) is 9.47 Å². The third-order valence-electron chi connectivity index (χ3n) is 5.36. The molecule has 0 aromatic heterocycles. The number of unbranched alkanes of at least 4 members (excludes halogenated alkanes) is 7. The van der Waals surface area contributed by atoms with Crippen LogP contribution in [0.1, 0.15) is 71.1 Å². The average Bonchev–Trinajstić information content (AvgIpc) is 2.68. The lowest BCUT2D eigenvalue weighted by Gasteiger charge is -2.32. The van der Waals surface area contributed by atoms with Gasteiger partial charge in [0.1, 0.15) is 0 Å². The molecular weight excluding hydrogens is 356 g/mol. The molecule has 6 nitrogen and oxygen atoms in total. The van der Waals surface area contributed by atoms with Gasteiger partial charge in [-0.15, -0.1) is 0 Å². The summed E-state index contributed by atoms with van der Waals surface area (Å²) in [6, 6.07) is 0. The molecule has 0 spiro atoms. The Bertz CT molecular complexity index is 393. The van der Waals surface area contributed by atoms with Crippen molar-refractivity contribution in [2.45, 2.75) is 71.1 Å². The Morgan fingerprint density at radius 3 is 1.64 bits per heavy atom. The molecule has 28 heavy (non-hydrogen) atoms. The van der Waals surface area contributed by atoms with Crippen molar-refractivity contribution in [3.05, 3.63) is 0 Å². The van der Waals surface area contributed by atoms with Crippen molar-refractivity contribution in [1.82, 2.24) is 4.90 Å². The molecule has 6 heteroatoms. The molecule has 0 atom stereocenters. The summed E-state index contributed by atoms with van der Waals surface area (Å²) in [4.78, 5) is 25.1. The number of quaternary nitrogens is 1. The molecule has 0 radical (unpaired) electrons. The number of nitrogens with zero attached hydrogens (tertiary/aromatic N) is 2. The predicted octanol–water partition coefficient (Wildman–Crippen LogP) is 3.63. The van der Waals surface area contributed by atoms with Crippen molar-refractivity contribution < 1.29 is 23.5 Å². The molecule has 0 aliphatic rings. The van der Waals surface area contributed by atoms with Gasteiger partial charge in [0.2, 0.25) is 0 Å². The molecule has 0 fully saturated rings. The SMILES string of the molecule is CCCCCCCCCC[N+](C)(C)CCN(CCC(=O)OC)CCC(=O)OC. The molecular formula is C22H45N2O4+. The topological polar surface area (TPSA) is 55.8 Å². The predicted molar refractivity (Wildman–Crippen MR) is 114 cm³/mol. The molecule has 0 saturated heterocycles. The summed E-state index contributed by atoms with van der Waals surface area (Å²) in [7, 11) is 7.34. The highest BCUT2D eigenvalue weighted by Gasteiger charge is 2.18. The Hall–Kier alpha value is -1.14. The molecule has 0 N–H and O–H groups in total. The van der Waals surface area contributed by atoms with Gasteiger partial charge in [0.25, 0.3) is 0 Å². The summed E-state index contributed by atoms with van der Waals surface area (Å²) >= 11 is 0. The summed E-state index contributed by atoms with van der Waals surface area (Å²) in [5, 5.41) is 0. The summed E-state index contributed by atoms with van der Waals surface area (Å²) in [5.74, 6) is -0.425. The van der Waals surface area contributed by atoms with E-state index in [0.717, 1.165) is 24.1 Å². The summed E-state index contributed by atoms with van der Waals surface area (Å²) in [6.07, 6.45) is 11.4. The number of carbonyl (C=O) groups excluding carboxylic acids is 2. The van der Waals surface area contributed by atoms with E-state index in [-0.39, 0.29) is 11.9 Å². The van der Waals surface area contributed by atoms with E-state index in [2.05, 4.69) is 25.9 Å². The molecule has 166 valence electrons. The van der Waals surface area contributed by atoms with Crippen LogP contribution in [0.4, 0.5) is 0 Å². The monoisotopic (exact) mass is 401 g/mol. The van der Waals surface area contributed by atoms with Crippen LogP contribution >= 0.6 is 0 Å². The first-order valence-electron chi connectivity index (χ1n) is 11.0. The fourth-order valence-corrected chi connectivity index (χ4v) is 3.24. The van der Waals surface area contributed by atoms with Gasteiger partial charge in [-0.2, -0.15) is 0 Å². The first-order valence-corrected chi connectivity index (χ1v) is 11.0. The molecule has 0 saturated carbocycles. The van der Waals surface area contributed by atoms with Gasteiger partial charge in [-0.3, -0.25) is 14.5 Å². The Kier molecular flexibility index (Phi) is 16.1. The van der Waals surface area contributed by atoms with Crippen molar-refractivity contribution in [3.63, 3.8) is 0 Å². The number of likely N-dealkylation sites (N-methyl/N-ethyl adjacent to an activating group) is 1. The number of ether oxygens (including phenoxy) is 2. The van der Waals surface area contributed by atoms with Crippen molar-refractivity contribution in [2.75, 3.05) is 61.0 Å². The normalized spacial score (nSPS) is 11.6. The zero-order chi connectivity index (χ0) is 21.3. The van der Waals surface area contributed by atoms with E-state index in [1.54, 1.807) is 0 Å². The highest BCUT2D eigenvalue weighted by Crippen LogP contribution is 2.10. The van der Waals surface area contributed by atoms with Crippen molar-refractivity contribution in [1.29, 1.82) is 0 Å². The van der Waals surface area contributed by atoms with Gasteiger partial charge in [-0.05, 0) is 12.8 Å². The van der Waals surface area contributed by atoms with Crippen molar-refractivity contribution in [3.8, 4) is 0 Å². The minimum absolute atomic E-state index is 0.212. The number of rotatable bonds is 18. The van der Waals surface area contributed by atoms with Gasteiger partial charge in [-0.25, -0.2) is 0 Å². The van der Waals surface area contributed by atoms with Gasteiger partial charge < -0.3 is 14.0 Å². The largest absolute Gasteiger partial charge is 0.469 e. The lowest BCUT2D eigenvalue weighted by atomic mass is 10.1. The third kappa shape index (κ3) is 15.9. The average molecular weight is 402 g/mol. The zero-order valence-electron chi connectivity index (χ0n) is 19.1. The van der Waals surface area contributed by atoms with E-state index in [9.17, 15) is 9.59 Å². The number of methoxy groups -OCH3 is 2. The van der Waals surface area contributed by atoms with E-state index >= 15 is 0 Å². The van der Waals surface area contributed by atoms with Gasteiger partial charge >= 0.3 is 11.9 Å². The van der Waals surface area contributed by atoms with Crippen LogP contribution in [0.5, 0.6) is 0 Å². The van der Waals surface area contributed by atoms with Gasteiger partial charge in [0.05, 0.1) is 54.2 Å². The van der Waals surface area contributed by atoms with E-state index in [1.807, 2.05) is 0 Å². The fraction of sp³-hybridized carbons (Fsp3) is 0.909. The number of hydrogen-bond acceptors (Lipinski definition) is 5. The second kappa shape index (κ2) is 16.8. The smallest absolute Gasteiger partial charge is 0.306 e. The lowest BCUT2D eigenvalue weighted by molar-refractivity contribution is -0.890. The van der Waals surface area contributed by atoms with E-state index in [1.165, 1.54) is 65.6 Å². The van der Waals surface area contributed by atoms with Crippen LogP contribution in [0.15, 0.2) is 0 Å². The standard InChI is InChI=1S/C22H45N2O4/c1-6-7-8-9-10-11-12-13-19-24(2,3)20-18-23(16-14-21(25)27-4)17-15-22(26)28-5/h6-20H2,1-5H3/q+1. The Morgan fingerprint density at radius 1 is 0.714 bits per heavy atom. The maximum Gasteiger partial charge on any atom is 0.306 e. The van der Waals surface area contributed by atoms with Gasteiger partial charge in [-0.1, -0.05) is 45.4 Å². The van der Waals surface area contributed by atoms with Crippen LogP contribution in [0, 0.1) is 0 Å². The van der Waals surface area contributed by atoms with E-state index < -0.39 is 0 Å². The fourth-order valence-electron chi connectivity index (χ4n) is 3.24. The Morgan fingerprint density at radius 2 is 1.18 bits per heavy atom. The number of esters is 2. The van der Waals surface area contributed by atoms with Gasteiger partial charge in [0, 0.05) is 19.6 Å². The maximum absolute atomic E-state index is 11.5. The molecule has 0 aromatic carbocycles. The number of hydrogen-bond donors (Lipinski definition) is 0. The van der Waals surface area contributed by atoms with Crippen LogP contribution in [-0.4, -0.2) is 82.4 Å². The van der Waals surface area contributed by atoms with Crippen LogP contribution in [0.2, 0.25) is 0 Å². The highest BCUT2D eigenvalue weighted by atomic mass is 16.5.